The minimum atomic E-state index is -0.0978. The van der Waals surface area contributed by atoms with Gasteiger partial charge in [0.15, 0.2) is 5.78 Å². The van der Waals surface area contributed by atoms with E-state index < -0.39 is 0 Å². The molecule has 3 rings (SSSR count). The molecule has 5 heteroatoms. The molecule has 1 atom stereocenters. The monoisotopic (exact) mass is 286 g/mol. The zero-order valence-corrected chi connectivity index (χ0v) is 12.0. The van der Waals surface area contributed by atoms with Crippen LogP contribution in [-0.4, -0.2) is 22.5 Å². The van der Waals surface area contributed by atoms with Crippen LogP contribution >= 0.6 is 0 Å². The predicted octanol–water partition coefficient (Wildman–Crippen LogP) is 2.98. The van der Waals surface area contributed by atoms with E-state index in [4.69, 9.17) is 9.26 Å². The molecule has 1 unspecified atom stereocenters. The van der Waals surface area contributed by atoms with Crippen molar-refractivity contribution >= 4 is 5.78 Å². The first-order chi connectivity index (χ1) is 10.3. The van der Waals surface area contributed by atoms with Crippen molar-refractivity contribution in [2.45, 2.75) is 32.3 Å². The number of Topliss-reactive ketones (excluding diaryl/α,β-unsaturated/α-hetero) is 1. The Morgan fingerprint density at radius 3 is 2.81 bits per heavy atom. The fourth-order valence-electron chi connectivity index (χ4n) is 2.32. The topological polar surface area (TPSA) is 65.2 Å². The second-order valence-corrected chi connectivity index (χ2v) is 5.23. The zero-order chi connectivity index (χ0) is 14.7. The van der Waals surface area contributed by atoms with Crippen molar-refractivity contribution in [3.8, 4) is 0 Å². The van der Waals surface area contributed by atoms with Gasteiger partial charge in [0, 0.05) is 12.2 Å². The molecule has 0 bridgehead atoms. The van der Waals surface area contributed by atoms with Crippen LogP contribution in [0, 0.1) is 5.92 Å². The van der Waals surface area contributed by atoms with Gasteiger partial charge < -0.3 is 9.26 Å². The summed E-state index contributed by atoms with van der Waals surface area (Å²) in [4.78, 5) is 16.4. The maximum absolute atomic E-state index is 12.1. The summed E-state index contributed by atoms with van der Waals surface area (Å²) < 4.78 is 10.9. The lowest BCUT2D eigenvalue weighted by Gasteiger charge is -2.10. The van der Waals surface area contributed by atoms with E-state index in [9.17, 15) is 4.79 Å². The van der Waals surface area contributed by atoms with Crippen molar-refractivity contribution < 1.29 is 14.1 Å². The Hall–Kier alpha value is -2.01. The molecule has 1 aliphatic rings. The van der Waals surface area contributed by atoms with Crippen LogP contribution in [0.2, 0.25) is 0 Å². The summed E-state index contributed by atoms with van der Waals surface area (Å²) in [7, 11) is 0. The van der Waals surface area contributed by atoms with Crippen molar-refractivity contribution in [3.63, 3.8) is 0 Å². The van der Waals surface area contributed by atoms with Gasteiger partial charge in [-0.25, -0.2) is 0 Å². The first-order valence-corrected chi connectivity index (χ1v) is 7.30. The lowest BCUT2D eigenvalue weighted by Crippen LogP contribution is -2.09. The number of ether oxygens (including phenoxy) is 1. The van der Waals surface area contributed by atoms with E-state index in [0.29, 0.717) is 29.8 Å². The summed E-state index contributed by atoms with van der Waals surface area (Å²) in [5.41, 5.74) is 0.654. The molecule has 0 aliphatic heterocycles. The maximum Gasteiger partial charge on any atom is 0.234 e. The minimum Gasteiger partial charge on any atom is -0.370 e. The van der Waals surface area contributed by atoms with Gasteiger partial charge in [-0.1, -0.05) is 35.5 Å². The van der Waals surface area contributed by atoms with Crippen molar-refractivity contribution in [1.82, 2.24) is 10.1 Å². The number of carbonyl (C=O) groups is 1. The summed E-state index contributed by atoms with van der Waals surface area (Å²) >= 11 is 0. The fraction of sp³-hybridized carbons (Fsp3) is 0.438. The fourth-order valence-corrected chi connectivity index (χ4v) is 2.32. The van der Waals surface area contributed by atoms with Gasteiger partial charge in [-0.3, -0.25) is 4.79 Å². The highest BCUT2D eigenvalue weighted by Crippen LogP contribution is 2.42. The van der Waals surface area contributed by atoms with Gasteiger partial charge in [0.05, 0.1) is 6.42 Å². The summed E-state index contributed by atoms with van der Waals surface area (Å²) in [6.07, 6.45) is 2.30. The van der Waals surface area contributed by atoms with E-state index >= 15 is 0 Å². The number of nitrogens with zero attached hydrogens (tertiary/aromatic N) is 2. The Labute approximate surface area is 123 Å². The van der Waals surface area contributed by atoms with Crippen LogP contribution < -0.4 is 0 Å². The second kappa shape index (κ2) is 6.18. The number of aromatic nitrogens is 2. The molecule has 0 spiro atoms. The first kappa shape index (κ1) is 13.9. The standard InChI is InChI=1S/C16H18N2O3/c1-2-20-15(12-8-9-12)16-17-14(21-18-16)10-13(19)11-6-4-3-5-7-11/h3-7,12,15H,2,8-10H2,1H3. The molecule has 0 radical (unpaired) electrons. The number of benzene rings is 1. The number of hydrogen-bond acceptors (Lipinski definition) is 5. The Morgan fingerprint density at radius 2 is 2.14 bits per heavy atom. The van der Waals surface area contributed by atoms with Gasteiger partial charge in [-0.05, 0) is 25.7 Å². The van der Waals surface area contributed by atoms with Crippen LogP contribution in [0.25, 0.3) is 0 Å². The smallest absolute Gasteiger partial charge is 0.234 e. The number of hydrogen-bond donors (Lipinski definition) is 0. The van der Waals surface area contributed by atoms with Gasteiger partial charge in [0.25, 0.3) is 0 Å². The second-order valence-electron chi connectivity index (χ2n) is 5.23. The summed E-state index contributed by atoms with van der Waals surface area (Å²) in [5.74, 6) is 1.38. The van der Waals surface area contributed by atoms with Crippen LogP contribution in [0.5, 0.6) is 0 Å². The van der Waals surface area contributed by atoms with E-state index in [1.54, 1.807) is 12.1 Å². The van der Waals surface area contributed by atoms with E-state index in [1.165, 1.54) is 0 Å². The highest BCUT2D eigenvalue weighted by atomic mass is 16.5. The molecule has 21 heavy (non-hydrogen) atoms. The van der Waals surface area contributed by atoms with Crippen molar-refractivity contribution in [2.75, 3.05) is 6.61 Å². The number of carbonyl (C=O) groups excluding carboxylic acids is 1. The van der Waals surface area contributed by atoms with Crippen LogP contribution in [0.15, 0.2) is 34.9 Å². The summed E-state index contributed by atoms with van der Waals surface area (Å²) in [6, 6.07) is 9.12. The Morgan fingerprint density at radius 1 is 1.38 bits per heavy atom. The third kappa shape index (κ3) is 3.36. The largest absolute Gasteiger partial charge is 0.370 e. The SMILES string of the molecule is CCOC(c1noc(CC(=O)c2ccccc2)n1)C1CC1. The molecule has 2 aromatic rings. The molecule has 1 fully saturated rings. The van der Waals surface area contributed by atoms with E-state index in [2.05, 4.69) is 10.1 Å². The maximum atomic E-state index is 12.1. The zero-order valence-electron chi connectivity index (χ0n) is 12.0. The summed E-state index contributed by atoms with van der Waals surface area (Å²) in [5, 5.41) is 3.98. The summed E-state index contributed by atoms with van der Waals surface area (Å²) in [6.45, 7) is 2.57. The first-order valence-electron chi connectivity index (χ1n) is 7.30. The van der Waals surface area contributed by atoms with Crippen LogP contribution in [-0.2, 0) is 11.2 Å². The molecule has 0 amide bonds. The third-order valence-electron chi connectivity index (χ3n) is 3.54. The van der Waals surface area contributed by atoms with Crippen LogP contribution in [0.4, 0.5) is 0 Å². The number of ketones is 1. The molecule has 1 aromatic carbocycles. The Bertz CT molecular complexity index is 605. The molecule has 1 aliphatic carbocycles. The lowest BCUT2D eigenvalue weighted by atomic mass is 10.1. The van der Waals surface area contributed by atoms with Crippen LogP contribution in [0.1, 0.15) is 47.9 Å². The highest BCUT2D eigenvalue weighted by molar-refractivity contribution is 5.96. The van der Waals surface area contributed by atoms with Crippen molar-refractivity contribution in [1.29, 1.82) is 0 Å². The minimum absolute atomic E-state index is 0.0230. The Kier molecular flexibility index (Phi) is 4.10. The average molecular weight is 286 g/mol. The van der Waals surface area contributed by atoms with Gasteiger partial charge in [0.1, 0.15) is 6.10 Å². The van der Waals surface area contributed by atoms with Gasteiger partial charge >= 0.3 is 0 Å². The predicted molar refractivity (Wildman–Crippen MR) is 75.9 cm³/mol. The molecule has 5 nitrogen and oxygen atoms in total. The van der Waals surface area contributed by atoms with Crippen molar-refractivity contribution in [2.24, 2.45) is 5.92 Å². The highest BCUT2D eigenvalue weighted by Gasteiger charge is 2.36. The quantitative estimate of drug-likeness (QED) is 0.732. The number of rotatable bonds is 7. The average Bonchev–Trinajstić information content (AvgIpc) is 3.25. The molecule has 110 valence electrons. The Balaban J connectivity index is 1.68. The third-order valence-corrected chi connectivity index (χ3v) is 3.54. The van der Waals surface area contributed by atoms with Gasteiger partial charge in [0.2, 0.25) is 11.7 Å². The van der Waals surface area contributed by atoms with E-state index in [0.717, 1.165) is 12.8 Å². The van der Waals surface area contributed by atoms with Crippen molar-refractivity contribution in [3.05, 3.63) is 47.6 Å². The van der Waals surface area contributed by atoms with Crippen LogP contribution in [0.3, 0.4) is 0 Å². The van der Waals surface area contributed by atoms with E-state index in [-0.39, 0.29) is 18.3 Å². The molecule has 1 aromatic heterocycles. The van der Waals surface area contributed by atoms with Gasteiger partial charge in [-0.2, -0.15) is 4.98 Å². The normalized spacial score (nSPS) is 15.9. The molecule has 1 saturated carbocycles. The van der Waals surface area contributed by atoms with E-state index in [1.807, 2.05) is 25.1 Å². The molecule has 1 heterocycles. The molecular formula is C16H18N2O3. The van der Waals surface area contributed by atoms with Gasteiger partial charge in [-0.15, -0.1) is 0 Å². The molecule has 0 saturated heterocycles. The molecule has 0 N–H and O–H groups in total. The lowest BCUT2D eigenvalue weighted by molar-refractivity contribution is 0.0384. The molecular weight excluding hydrogens is 268 g/mol.